The number of hydrogen-bond acceptors (Lipinski definition) is 2. The van der Waals surface area contributed by atoms with E-state index in [1.54, 1.807) is 7.11 Å². The third-order valence-corrected chi connectivity index (χ3v) is 3.76. The Morgan fingerprint density at radius 3 is 2.47 bits per heavy atom. The second-order valence-electron chi connectivity index (χ2n) is 4.39. The molecule has 0 fully saturated rings. The average Bonchev–Trinajstić information content (AvgIpc) is 2.45. The predicted octanol–water partition coefficient (Wildman–Crippen LogP) is 4.86. The van der Waals surface area contributed by atoms with Crippen LogP contribution in [0.4, 0.5) is 5.69 Å². The zero-order valence-electron chi connectivity index (χ0n) is 11.2. The van der Waals surface area contributed by atoms with Crippen LogP contribution in [0.15, 0.2) is 48.5 Å². The fraction of sp³-hybridized carbons (Fsp3) is 0.250. The molecule has 0 saturated heterocycles. The number of ether oxygens (including phenoxy) is 1. The lowest BCUT2D eigenvalue weighted by atomic mass is 10.0. The molecule has 2 aromatic rings. The smallest absolute Gasteiger partial charge is 0.118 e. The number of benzene rings is 2. The third-order valence-electron chi connectivity index (χ3n) is 3.09. The van der Waals surface area contributed by atoms with Crippen molar-refractivity contribution in [1.29, 1.82) is 0 Å². The van der Waals surface area contributed by atoms with Gasteiger partial charge in [0.05, 0.1) is 13.2 Å². The second kappa shape index (κ2) is 6.80. The molecular weight excluding hydrogens is 349 g/mol. The molecular formula is C16H18INO. The number of nitrogens with one attached hydrogen (secondary N) is 1. The first kappa shape index (κ1) is 14.2. The van der Waals surface area contributed by atoms with Crippen molar-refractivity contribution in [3.63, 3.8) is 0 Å². The summed E-state index contributed by atoms with van der Waals surface area (Å²) in [4.78, 5) is 0. The van der Waals surface area contributed by atoms with Crippen LogP contribution in [0.5, 0.6) is 5.75 Å². The molecule has 0 aliphatic heterocycles. The Hall–Kier alpha value is -1.23. The highest BCUT2D eigenvalue weighted by molar-refractivity contribution is 14.1. The molecule has 1 N–H and O–H groups in total. The molecule has 0 amide bonds. The fourth-order valence-corrected chi connectivity index (χ4v) is 2.58. The molecule has 0 saturated carbocycles. The summed E-state index contributed by atoms with van der Waals surface area (Å²) < 4.78 is 6.44. The molecule has 0 radical (unpaired) electrons. The van der Waals surface area contributed by atoms with Crippen molar-refractivity contribution in [1.82, 2.24) is 0 Å². The number of rotatable bonds is 5. The molecule has 2 aromatic carbocycles. The number of halogens is 1. The summed E-state index contributed by atoms with van der Waals surface area (Å²) in [6.45, 7) is 2.19. The van der Waals surface area contributed by atoms with Crippen molar-refractivity contribution >= 4 is 28.3 Å². The molecule has 2 rings (SSSR count). The van der Waals surface area contributed by atoms with Gasteiger partial charge in [-0.1, -0.05) is 25.1 Å². The zero-order chi connectivity index (χ0) is 13.7. The van der Waals surface area contributed by atoms with Crippen LogP contribution in [-0.4, -0.2) is 7.11 Å². The van der Waals surface area contributed by atoms with E-state index in [1.165, 1.54) is 9.13 Å². The summed E-state index contributed by atoms with van der Waals surface area (Å²) in [5.41, 5.74) is 2.44. The summed E-state index contributed by atoms with van der Waals surface area (Å²) in [7, 11) is 1.69. The van der Waals surface area contributed by atoms with Gasteiger partial charge in [0.25, 0.3) is 0 Å². The largest absolute Gasteiger partial charge is 0.497 e. The number of hydrogen-bond donors (Lipinski definition) is 1. The summed E-state index contributed by atoms with van der Waals surface area (Å²) in [5, 5.41) is 3.58. The maximum absolute atomic E-state index is 5.20. The molecule has 0 heterocycles. The van der Waals surface area contributed by atoms with Gasteiger partial charge in [0.1, 0.15) is 5.75 Å². The maximum Gasteiger partial charge on any atom is 0.118 e. The normalized spacial score (nSPS) is 11.9. The zero-order valence-corrected chi connectivity index (χ0v) is 13.3. The molecule has 0 aromatic heterocycles. The van der Waals surface area contributed by atoms with Gasteiger partial charge >= 0.3 is 0 Å². The Morgan fingerprint density at radius 2 is 1.89 bits per heavy atom. The van der Waals surface area contributed by atoms with Gasteiger partial charge in [0.2, 0.25) is 0 Å². The Balaban J connectivity index is 2.15. The van der Waals surface area contributed by atoms with E-state index >= 15 is 0 Å². The minimum atomic E-state index is 0.323. The van der Waals surface area contributed by atoms with E-state index in [2.05, 4.69) is 71.2 Å². The monoisotopic (exact) mass is 367 g/mol. The highest BCUT2D eigenvalue weighted by atomic mass is 127. The van der Waals surface area contributed by atoms with Crippen molar-refractivity contribution in [3.05, 3.63) is 57.7 Å². The first-order valence-electron chi connectivity index (χ1n) is 6.39. The van der Waals surface area contributed by atoms with Gasteiger partial charge in [-0.05, 0) is 64.9 Å². The first-order valence-corrected chi connectivity index (χ1v) is 7.47. The van der Waals surface area contributed by atoms with Crippen molar-refractivity contribution in [2.24, 2.45) is 0 Å². The average molecular weight is 367 g/mol. The van der Waals surface area contributed by atoms with Crippen molar-refractivity contribution < 1.29 is 4.74 Å². The van der Waals surface area contributed by atoms with E-state index in [9.17, 15) is 0 Å². The van der Waals surface area contributed by atoms with Crippen molar-refractivity contribution in [3.8, 4) is 5.75 Å². The number of anilines is 1. The Morgan fingerprint density at radius 1 is 1.16 bits per heavy atom. The van der Waals surface area contributed by atoms with Crippen LogP contribution in [0.25, 0.3) is 0 Å². The van der Waals surface area contributed by atoms with Gasteiger partial charge in [-0.2, -0.15) is 0 Å². The van der Waals surface area contributed by atoms with Crippen LogP contribution >= 0.6 is 22.6 Å². The van der Waals surface area contributed by atoms with Gasteiger partial charge in [-0.15, -0.1) is 0 Å². The lowest BCUT2D eigenvalue weighted by Gasteiger charge is -2.19. The topological polar surface area (TPSA) is 21.3 Å². The molecule has 1 unspecified atom stereocenters. The van der Waals surface area contributed by atoms with E-state index < -0.39 is 0 Å². The van der Waals surface area contributed by atoms with E-state index in [0.717, 1.165) is 17.9 Å². The van der Waals surface area contributed by atoms with Crippen LogP contribution in [0.1, 0.15) is 24.9 Å². The van der Waals surface area contributed by atoms with Gasteiger partial charge < -0.3 is 10.1 Å². The quantitative estimate of drug-likeness (QED) is 0.762. The summed E-state index contributed by atoms with van der Waals surface area (Å²) in [6.07, 6.45) is 1.04. The predicted molar refractivity (Wildman–Crippen MR) is 88.8 cm³/mol. The summed E-state index contributed by atoms with van der Waals surface area (Å²) in [5.74, 6) is 0.896. The third kappa shape index (κ3) is 3.86. The van der Waals surface area contributed by atoms with Crippen LogP contribution in [-0.2, 0) is 0 Å². The minimum Gasteiger partial charge on any atom is -0.497 e. The van der Waals surface area contributed by atoms with Crippen molar-refractivity contribution in [2.45, 2.75) is 19.4 Å². The molecule has 0 aliphatic carbocycles. The molecule has 1 atom stereocenters. The first-order chi connectivity index (χ1) is 9.22. The van der Waals surface area contributed by atoms with Gasteiger partial charge in [-0.25, -0.2) is 0 Å². The van der Waals surface area contributed by atoms with E-state index in [-0.39, 0.29) is 0 Å². The Bertz CT molecular complexity index is 525. The standard InChI is InChI=1S/C16H18INO/c1-3-16(12-7-9-15(19-2)10-8-12)18-14-6-4-5-13(17)11-14/h4-11,16,18H,3H2,1-2H3. The lowest BCUT2D eigenvalue weighted by Crippen LogP contribution is -2.09. The lowest BCUT2D eigenvalue weighted by molar-refractivity contribution is 0.414. The van der Waals surface area contributed by atoms with Crippen LogP contribution in [0.3, 0.4) is 0 Å². The second-order valence-corrected chi connectivity index (χ2v) is 5.63. The summed E-state index contributed by atoms with van der Waals surface area (Å²) in [6, 6.07) is 17.0. The van der Waals surface area contributed by atoms with Crippen LogP contribution in [0, 0.1) is 3.57 Å². The SMILES string of the molecule is CCC(Nc1cccc(I)c1)c1ccc(OC)cc1. The molecule has 0 spiro atoms. The van der Waals surface area contributed by atoms with Crippen LogP contribution in [0.2, 0.25) is 0 Å². The van der Waals surface area contributed by atoms with E-state index in [0.29, 0.717) is 6.04 Å². The fourth-order valence-electron chi connectivity index (χ4n) is 2.04. The molecule has 19 heavy (non-hydrogen) atoms. The van der Waals surface area contributed by atoms with Crippen LogP contribution < -0.4 is 10.1 Å². The summed E-state index contributed by atoms with van der Waals surface area (Å²) >= 11 is 2.33. The molecule has 0 aliphatic rings. The van der Waals surface area contributed by atoms with Gasteiger partial charge in [0, 0.05) is 9.26 Å². The highest BCUT2D eigenvalue weighted by Gasteiger charge is 2.09. The Kier molecular flexibility index (Phi) is 5.07. The highest BCUT2D eigenvalue weighted by Crippen LogP contribution is 2.25. The molecule has 0 bridgehead atoms. The van der Waals surface area contributed by atoms with Gasteiger partial charge in [0.15, 0.2) is 0 Å². The molecule has 2 nitrogen and oxygen atoms in total. The number of methoxy groups -OCH3 is 1. The Labute approximate surface area is 128 Å². The maximum atomic E-state index is 5.20. The minimum absolute atomic E-state index is 0.323. The van der Waals surface area contributed by atoms with Gasteiger partial charge in [-0.3, -0.25) is 0 Å². The molecule has 100 valence electrons. The van der Waals surface area contributed by atoms with E-state index in [4.69, 9.17) is 4.74 Å². The van der Waals surface area contributed by atoms with E-state index in [1.807, 2.05) is 12.1 Å². The molecule has 3 heteroatoms. The van der Waals surface area contributed by atoms with Crippen molar-refractivity contribution in [2.75, 3.05) is 12.4 Å².